The molecular weight excluding hydrogens is 246 g/mol. The predicted octanol–water partition coefficient (Wildman–Crippen LogP) is 0.587. The number of likely N-dealkylation sites (N-methyl/N-ethyl adjacent to an activating group) is 1. The van der Waals surface area contributed by atoms with Gasteiger partial charge in [-0.15, -0.1) is 0 Å². The number of nitrogens with one attached hydrogen (secondary N) is 1. The minimum absolute atomic E-state index is 0.0378. The SMILES string of the molecule is CN1CCCC(NC(=O)N2CCC(C(=O)O)CC2)C1. The highest BCUT2D eigenvalue weighted by Crippen LogP contribution is 2.17. The second-order valence-electron chi connectivity index (χ2n) is 5.65. The zero-order valence-corrected chi connectivity index (χ0v) is 11.5. The van der Waals surface area contributed by atoms with Gasteiger partial charge in [0, 0.05) is 25.7 Å². The first-order valence-corrected chi connectivity index (χ1v) is 7.03. The van der Waals surface area contributed by atoms with E-state index in [9.17, 15) is 9.59 Å². The molecule has 2 fully saturated rings. The summed E-state index contributed by atoms with van der Waals surface area (Å²) in [6.45, 7) is 3.09. The standard InChI is InChI=1S/C13H23N3O3/c1-15-6-2-3-11(9-15)14-13(19)16-7-4-10(5-8-16)12(17)18/h10-11H,2-9H2,1H3,(H,14,19)(H,17,18). The summed E-state index contributed by atoms with van der Waals surface area (Å²) in [5.41, 5.74) is 0. The van der Waals surface area contributed by atoms with E-state index in [4.69, 9.17) is 5.11 Å². The minimum atomic E-state index is -0.742. The van der Waals surface area contributed by atoms with Crippen LogP contribution in [0.15, 0.2) is 0 Å². The quantitative estimate of drug-likeness (QED) is 0.769. The maximum atomic E-state index is 12.1. The van der Waals surface area contributed by atoms with E-state index in [1.165, 1.54) is 0 Å². The van der Waals surface area contributed by atoms with E-state index >= 15 is 0 Å². The van der Waals surface area contributed by atoms with Crippen molar-refractivity contribution in [3.63, 3.8) is 0 Å². The molecule has 0 aromatic heterocycles. The van der Waals surface area contributed by atoms with Crippen LogP contribution in [0.1, 0.15) is 25.7 Å². The Hall–Kier alpha value is -1.30. The lowest BCUT2D eigenvalue weighted by molar-refractivity contribution is -0.143. The number of carbonyl (C=O) groups is 2. The third kappa shape index (κ3) is 3.83. The van der Waals surface area contributed by atoms with Gasteiger partial charge in [-0.1, -0.05) is 0 Å². The van der Waals surface area contributed by atoms with Gasteiger partial charge in [-0.3, -0.25) is 4.79 Å². The van der Waals surface area contributed by atoms with Crippen LogP contribution in [0, 0.1) is 5.92 Å². The van der Waals surface area contributed by atoms with Crippen molar-refractivity contribution in [2.75, 3.05) is 33.2 Å². The van der Waals surface area contributed by atoms with Crippen LogP contribution >= 0.6 is 0 Å². The topological polar surface area (TPSA) is 72.9 Å². The summed E-state index contributed by atoms with van der Waals surface area (Å²) < 4.78 is 0. The Morgan fingerprint density at radius 3 is 2.42 bits per heavy atom. The van der Waals surface area contributed by atoms with Crippen molar-refractivity contribution in [2.45, 2.75) is 31.7 Å². The molecular formula is C13H23N3O3. The molecule has 2 N–H and O–H groups in total. The number of amides is 2. The molecule has 0 aromatic rings. The Labute approximate surface area is 113 Å². The van der Waals surface area contributed by atoms with E-state index in [1.807, 2.05) is 0 Å². The summed E-state index contributed by atoms with van der Waals surface area (Å²) >= 11 is 0. The molecule has 0 spiro atoms. The Bertz CT molecular complexity index is 340. The lowest BCUT2D eigenvalue weighted by atomic mass is 9.97. The summed E-state index contributed by atoms with van der Waals surface area (Å²) in [4.78, 5) is 26.9. The van der Waals surface area contributed by atoms with Crippen LogP contribution in [-0.4, -0.2) is 66.2 Å². The van der Waals surface area contributed by atoms with Crippen LogP contribution in [0.3, 0.4) is 0 Å². The number of carboxylic acid groups (broad SMARTS) is 1. The van der Waals surface area contributed by atoms with Gasteiger partial charge in [-0.25, -0.2) is 4.79 Å². The second kappa shape index (κ2) is 6.23. The maximum absolute atomic E-state index is 12.1. The summed E-state index contributed by atoms with van der Waals surface area (Å²) in [5, 5.41) is 12.0. The molecule has 2 aliphatic rings. The van der Waals surface area contributed by atoms with Gasteiger partial charge < -0.3 is 20.2 Å². The predicted molar refractivity (Wildman–Crippen MR) is 71.0 cm³/mol. The van der Waals surface area contributed by atoms with Crippen molar-refractivity contribution < 1.29 is 14.7 Å². The average molecular weight is 269 g/mol. The smallest absolute Gasteiger partial charge is 0.317 e. The van der Waals surface area contributed by atoms with Crippen LogP contribution in [-0.2, 0) is 4.79 Å². The number of nitrogens with zero attached hydrogens (tertiary/aromatic N) is 2. The van der Waals surface area contributed by atoms with E-state index < -0.39 is 5.97 Å². The minimum Gasteiger partial charge on any atom is -0.481 e. The highest BCUT2D eigenvalue weighted by molar-refractivity contribution is 5.75. The Balaban J connectivity index is 1.76. The summed E-state index contributed by atoms with van der Waals surface area (Å²) in [6.07, 6.45) is 3.27. The number of piperidine rings is 2. The number of rotatable bonds is 2. The normalized spacial score (nSPS) is 26.2. The molecule has 0 radical (unpaired) electrons. The molecule has 1 atom stereocenters. The molecule has 0 bridgehead atoms. The monoisotopic (exact) mass is 269 g/mol. The number of urea groups is 1. The lowest BCUT2D eigenvalue weighted by Gasteiger charge is -2.34. The van der Waals surface area contributed by atoms with Crippen molar-refractivity contribution in [1.82, 2.24) is 15.1 Å². The van der Waals surface area contributed by atoms with E-state index in [1.54, 1.807) is 4.90 Å². The molecule has 0 saturated carbocycles. The molecule has 2 rings (SSSR count). The van der Waals surface area contributed by atoms with Crippen molar-refractivity contribution in [3.05, 3.63) is 0 Å². The molecule has 6 nitrogen and oxygen atoms in total. The van der Waals surface area contributed by atoms with E-state index in [2.05, 4.69) is 17.3 Å². The van der Waals surface area contributed by atoms with Crippen LogP contribution in [0.5, 0.6) is 0 Å². The average Bonchev–Trinajstić information content (AvgIpc) is 2.39. The highest BCUT2D eigenvalue weighted by atomic mass is 16.4. The number of carbonyl (C=O) groups excluding carboxylic acids is 1. The summed E-state index contributed by atoms with van der Waals surface area (Å²) in [7, 11) is 2.07. The molecule has 0 aliphatic carbocycles. The van der Waals surface area contributed by atoms with Gasteiger partial charge in [0.25, 0.3) is 0 Å². The third-order valence-electron chi connectivity index (χ3n) is 4.08. The number of carboxylic acids is 1. The van der Waals surface area contributed by atoms with Gasteiger partial charge in [0.1, 0.15) is 0 Å². The first-order chi connectivity index (χ1) is 9.06. The summed E-state index contributed by atoms with van der Waals surface area (Å²) in [5.74, 6) is -1.03. The molecule has 6 heteroatoms. The van der Waals surface area contributed by atoms with Crippen molar-refractivity contribution in [2.24, 2.45) is 5.92 Å². The van der Waals surface area contributed by atoms with E-state index in [0.29, 0.717) is 25.9 Å². The van der Waals surface area contributed by atoms with Gasteiger partial charge in [-0.2, -0.15) is 0 Å². The Kier molecular flexibility index (Phi) is 4.63. The maximum Gasteiger partial charge on any atom is 0.317 e. The molecule has 1 unspecified atom stereocenters. The first kappa shape index (κ1) is 14.1. The van der Waals surface area contributed by atoms with Gasteiger partial charge in [0.05, 0.1) is 5.92 Å². The Morgan fingerprint density at radius 1 is 1.16 bits per heavy atom. The molecule has 2 saturated heterocycles. The van der Waals surface area contributed by atoms with Crippen LogP contribution in [0.2, 0.25) is 0 Å². The number of hydrogen-bond acceptors (Lipinski definition) is 3. The van der Waals surface area contributed by atoms with Crippen LogP contribution in [0.25, 0.3) is 0 Å². The molecule has 108 valence electrons. The fourth-order valence-corrected chi connectivity index (χ4v) is 2.88. The number of likely N-dealkylation sites (tertiary alicyclic amines) is 2. The first-order valence-electron chi connectivity index (χ1n) is 7.03. The summed E-state index contributed by atoms with van der Waals surface area (Å²) in [6, 6.07) is 0.188. The largest absolute Gasteiger partial charge is 0.481 e. The van der Waals surface area contributed by atoms with Gasteiger partial charge >= 0.3 is 12.0 Å². The molecule has 2 aliphatic heterocycles. The molecule has 19 heavy (non-hydrogen) atoms. The van der Waals surface area contributed by atoms with Crippen LogP contribution in [0.4, 0.5) is 4.79 Å². The van der Waals surface area contributed by atoms with E-state index in [-0.39, 0.29) is 18.0 Å². The fraction of sp³-hybridized carbons (Fsp3) is 0.846. The number of hydrogen-bond donors (Lipinski definition) is 2. The second-order valence-corrected chi connectivity index (χ2v) is 5.65. The van der Waals surface area contributed by atoms with Crippen molar-refractivity contribution in [3.8, 4) is 0 Å². The molecule has 2 amide bonds. The number of aliphatic carboxylic acids is 1. The van der Waals surface area contributed by atoms with Crippen molar-refractivity contribution in [1.29, 1.82) is 0 Å². The van der Waals surface area contributed by atoms with Gasteiger partial charge in [0.15, 0.2) is 0 Å². The van der Waals surface area contributed by atoms with Crippen LogP contribution < -0.4 is 5.32 Å². The van der Waals surface area contributed by atoms with Gasteiger partial charge in [-0.05, 0) is 39.3 Å². The third-order valence-corrected chi connectivity index (χ3v) is 4.08. The highest BCUT2D eigenvalue weighted by Gasteiger charge is 2.28. The zero-order chi connectivity index (χ0) is 13.8. The lowest BCUT2D eigenvalue weighted by Crippen LogP contribution is -2.52. The van der Waals surface area contributed by atoms with Crippen molar-refractivity contribution >= 4 is 12.0 Å². The Morgan fingerprint density at radius 2 is 1.84 bits per heavy atom. The molecule has 0 aromatic carbocycles. The zero-order valence-electron chi connectivity index (χ0n) is 11.5. The van der Waals surface area contributed by atoms with E-state index in [0.717, 1.165) is 25.9 Å². The van der Waals surface area contributed by atoms with Gasteiger partial charge in [0.2, 0.25) is 0 Å². The fourth-order valence-electron chi connectivity index (χ4n) is 2.88. The molecule has 2 heterocycles.